The van der Waals surface area contributed by atoms with Crippen LogP contribution < -0.4 is 9.47 Å². The Morgan fingerprint density at radius 2 is 1.82 bits per heavy atom. The molecule has 5 nitrogen and oxygen atoms in total. The third kappa shape index (κ3) is 11.2. The molecule has 0 saturated heterocycles. The van der Waals surface area contributed by atoms with Gasteiger partial charge in [0.2, 0.25) is 0 Å². The molecule has 0 fully saturated rings. The second-order valence-electron chi connectivity index (χ2n) is 9.86. The molecule has 1 aromatic carbocycles. The van der Waals surface area contributed by atoms with Gasteiger partial charge >= 0.3 is 0 Å². The van der Waals surface area contributed by atoms with Gasteiger partial charge in [-0.3, -0.25) is 4.79 Å². The first-order valence-electron chi connectivity index (χ1n) is 12.0. The van der Waals surface area contributed by atoms with Gasteiger partial charge in [0.05, 0.1) is 25.9 Å². The van der Waals surface area contributed by atoms with E-state index in [-0.39, 0.29) is 11.7 Å². The molecule has 0 amide bonds. The lowest BCUT2D eigenvalue weighted by atomic mass is 9.95. The Labute approximate surface area is 206 Å². The number of allylic oxidation sites excluding steroid dienone is 3. The lowest BCUT2D eigenvalue weighted by Crippen LogP contribution is -2.16. The number of aryl methyl sites for hydroxylation is 1. The van der Waals surface area contributed by atoms with E-state index in [1.54, 1.807) is 28.1 Å². The summed E-state index contributed by atoms with van der Waals surface area (Å²) in [5.74, 6) is 1.62. The molecule has 0 saturated carbocycles. The van der Waals surface area contributed by atoms with Gasteiger partial charge in [-0.1, -0.05) is 36.3 Å². The normalized spacial score (nSPS) is 14.9. The molecule has 190 valence electrons. The van der Waals surface area contributed by atoms with Gasteiger partial charge in [0.1, 0.15) is 11.5 Å². The van der Waals surface area contributed by atoms with Crippen molar-refractivity contribution < 1.29 is 24.5 Å². The fourth-order valence-corrected chi connectivity index (χ4v) is 3.82. The summed E-state index contributed by atoms with van der Waals surface area (Å²) in [5.41, 5.74) is 3.34. The van der Waals surface area contributed by atoms with Crippen LogP contribution in [-0.4, -0.2) is 41.9 Å². The van der Waals surface area contributed by atoms with E-state index in [0.29, 0.717) is 12.8 Å². The van der Waals surface area contributed by atoms with E-state index >= 15 is 0 Å². The SMILES string of the molecule is COc1cc(C)c(OC)c(C/C=C(\C)C[C@@H](O)/C=C(\C)CCC[C@@H](C)C(=O)/C=C/C(C)(C)O)c1. The zero-order chi connectivity index (χ0) is 25.9. The maximum absolute atomic E-state index is 12.1. The van der Waals surface area contributed by atoms with Crippen LogP contribution in [0.1, 0.15) is 71.4 Å². The highest BCUT2D eigenvalue weighted by Gasteiger charge is 2.13. The molecule has 0 heterocycles. The summed E-state index contributed by atoms with van der Waals surface area (Å²) in [6.07, 6.45) is 10.3. The quantitative estimate of drug-likeness (QED) is 0.260. The van der Waals surface area contributed by atoms with Crippen LogP contribution >= 0.6 is 0 Å². The summed E-state index contributed by atoms with van der Waals surface area (Å²) >= 11 is 0. The summed E-state index contributed by atoms with van der Waals surface area (Å²) in [6, 6.07) is 3.95. The molecule has 0 aliphatic rings. The third-order valence-corrected chi connectivity index (χ3v) is 5.79. The third-order valence-electron chi connectivity index (χ3n) is 5.79. The molecular weight excluding hydrogens is 428 g/mol. The van der Waals surface area contributed by atoms with Crippen molar-refractivity contribution in [1.29, 1.82) is 0 Å². The van der Waals surface area contributed by atoms with Crippen molar-refractivity contribution in [1.82, 2.24) is 0 Å². The van der Waals surface area contributed by atoms with Crippen molar-refractivity contribution in [2.75, 3.05) is 14.2 Å². The van der Waals surface area contributed by atoms with Crippen molar-refractivity contribution >= 4 is 5.78 Å². The van der Waals surface area contributed by atoms with Gasteiger partial charge in [0.15, 0.2) is 5.78 Å². The van der Waals surface area contributed by atoms with Crippen molar-refractivity contribution in [2.45, 2.75) is 85.4 Å². The van der Waals surface area contributed by atoms with Crippen molar-refractivity contribution in [3.63, 3.8) is 0 Å². The van der Waals surface area contributed by atoms with E-state index in [1.165, 1.54) is 12.2 Å². The first-order chi connectivity index (χ1) is 15.9. The van der Waals surface area contributed by atoms with Crippen molar-refractivity contribution in [2.24, 2.45) is 5.92 Å². The highest BCUT2D eigenvalue weighted by Crippen LogP contribution is 2.29. The summed E-state index contributed by atoms with van der Waals surface area (Å²) in [7, 11) is 3.33. The molecule has 34 heavy (non-hydrogen) atoms. The number of ether oxygens (including phenoxy) is 2. The number of hydrogen-bond acceptors (Lipinski definition) is 5. The number of carbonyl (C=O) groups is 1. The van der Waals surface area contributed by atoms with Gasteiger partial charge in [-0.15, -0.1) is 0 Å². The minimum Gasteiger partial charge on any atom is -0.497 e. The average molecular weight is 473 g/mol. The summed E-state index contributed by atoms with van der Waals surface area (Å²) < 4.78 is 10.9. The Morgan fingerprint density at radius 1 is 1.15 bits per heavy atom. The second kappa shape index (κ2) is 14.1. The van der Waals surface area contributed by atoms with Gasteiger partial charge in [-0.25, -0.2) is 0 Å². The van der Waals surface area contributed by atoms with Crippen LogP contribution in [-0.2, 0) is 11.2 Å². The molecule has 1 aromatic rings. The minimum atomic E-state index is -0.976. The van der Waals surface area contributed by atoms with Crippen LogP contribution in [0.5, 0.6) is 11.5 Å². The van der Waals surface area contributed by atoms with Crippen LogP contribution in [0.2, 0.25) is 0 Å². The van der Waals surface area contributed by atoms with E-state index in [2.05, 4.69) is 6.08 Å². The van der Waals surface area contributed by atoms with E-state index < -0.39 is 11.7 Å². The Hall–Kier alpha value is -2.37. The van der Waals surface area contributed by atoms with E-state index in [1.807, 2.05) is 45.9 Å². The monoisotopic (exact) mass is 472 g/mol. The average Bonchev–Trinajstić information content (AvgIpc) is 2.74. The predicted octanol–water partition coefficient (Wildman–Crippen LogP) is 5.90. The van der Waals surface area contributed by atoms with Gasteiger partial charge < -0.3 is 19.7 Å². The topological polar surface area (TPSA) is 76.0 Å². The predicted molar refractivity (Wildman–Crippen MR) is 140 cm³/mol. The Bertz CT molecular complexity index is 887. The van der Waals surface area contributed by atoms with Crippen molar-refractivity contribution in [3.05, 3.63) is 58.7 Å². The zero-order valence-corrected chi connectivity index (χ0v) is 22.3. The molecule has 0 aliphatic heterocycles. The number of methoxy groups -OCH3 is 2. The van der Waals surface area contributed by atoms with Crippen LogP contribution in [0.3, 0.4) is 0 Å². The zero-order valence-electron chi connectivity index (χ0n) is 22.3. The van der Waals surface area contributed by atoms with E-state index in [9.17, 15) is 15.0 Å². The lowest BCUT2D eigenvalue weighted by Gasteiger charge is -2.13. The molecule has 0 aliphatic carbocycles. The van der Waals surface area contributed by atoms with Crippen LogP contribution in [0.25, 0.3) is 0 Å². The molecule has 0 bridgehead atoms. The Balaban J connectivity index is 2.58. The van der Waals surface area contributed by atoms with Gasteiger partial charge in [0.25, 0.3) is 0 Å². The van der Waals surface area contributed by atoms with Gasteiger partial charge in [-0.05, 0) is 90.5 Å². The molecule has 1 rings (SSSR count). The summed E-state index contributed by atoms with van der Waals surface area (Å²) in [5, 5.41) is 20.2. The molecule has 0 aromatic heterocycles. The number of ketones is 1. The molecule has 2 atom stereocenters. The molecule has 0 radical (unpaired) electrons. The molecule has 0 unspecified atom stereocenters. The van der Waals surface area contributed by atoms with Gasteiger partial charge in [-0.2, -0.15) is 0 Å². The van der Waals surface area contributed by atoms with Crippen LogP contribution in [0, 0.1) is 12.8 Å². The summed E-state index contributed by atoms with van der Waals surface area (Å²) in [4.78, 5) is 12.1. The number of benzene rings is 1. The van der Waals surface area contributed by atoms with Crippen LogP contribution in [0.15, 0.2) is 47.6 Å². The Kier molecular flexibility index (Phi) is 12.3. The minimum absolute atomic E-state index is 0.0346. The molecular formula is C29H44O5. The number of rotatable bonds is 14. The first-order valence-corrected chi connectivity index (χ1v) is 12.0. The lowest BCUT2D eigenvalue weighted by molar-refractivity contribution is -0.118. The van der Waals surface area contributed by atoms with E-state index in [4.69, 9.17) is 9.47 Å². The fourth-order valence-electron chi connectivity index (χ4n) is 3.82. The maximum Gasteiger partial charge on any atom is 0.158 e. The molecule has 0 spiro atoms. The maximum atomic E-state index is 12.1. The summed E-state index contributed by atoms with van der Waals surface area (Å²) in [6.45, 7) is 11.3. The van der Waals surface area contributed by atoms with Crippen molar-refractivity contribution in [3.8, 4) is 11.5 Å². The van der Waals surface area contributed by atoms with Gasteiger partial charge in [0, 0.05) is 11.5 Å². The fraction of sp³-hybridized carbons (Fsp3) is 0.552. The van der Waals surface area contributed by atoms with Crippen LogP contribution in [0.4, 0.5) is 0 Å². The highest BCUT2D eigenvalue weighted by molar-refractivity contribution is 5.91. The number of aliphatic hydroxyl groups is 2. The molecule has 5 heteroatoms. The standard InChI is InChI=1S/C29H44O5/c1-20(10-9-11-22(3)27(31)14-15-29(5,6)32)16-25(30)17-21(2)12-13-24-19-26(33-7)18-23(4)28(24)34-8/h12,14-16,18-19,22,25,30,32H,9-11,13,17H2,1-8H3/b15-14+,20-16+,21-12+/t22-,25+/m1/s1. The Morgan fingerprint density at radius 3 is 2.41 bits per heavy atom. The largest absolute Gasteiger partial charge is 0.497 e. The van der Waals surface area contributed by atoms with E-state index in [0.717, 1.165) is 53.0 Å². The number of hydrogen-bond donors (Lipinski definition) is 2. The highest BCUT2D eigenvalue weighted by atomic mass is 16.5. The number of aliphatic hydroxyl groups excluding tert-OH is 1. The molecule has 2 N–H and O–H groups in total. The second-order valence-corrected chi connectivity index (χ2v) is 9.86. The first kappa shape index (κ1) is 29.7. The smallest absolute Gasteiger partial charge is 0.158 e. The number of carbonyl (C=O) groups excluding carboxylic acids is 1.